The van der Waals surface area contributed by atoms with Gasteiger partial charge in [-0.3, -0.25) is 9.36 Å². The van der Waals surface area contributed by atoms with Crippen molar-refractivity contribution in [1.82, 2.24) is 14.8 Å². The Labute approximate surface area is 175 Å². The van der Waals surface area contributed by atoms with E-state index in [0.717, 1.165) is 22.6 Å². The number of aromatic nitrogens is 3. The van der Waals surface area contributed by atoms with Gasteiger partial charge >= 0.3 is 0 Å². The summed E-state index contributed by atoms with van der Waals surface area (Å²) in [6, 6.07) is 17.6. The third kappa shape index (κ3) is 4.90. The highest BCUT2D eigenvalue weighted by Gasteiger charge is 2.16. The molecule has 0 spiro atoms. The summed E-state index contributed by atoms with van der Waals surface area (Å²) >= 11 is 2.90. The first-order chi connectivity index (χ1) is 14.2. The van der Waals surface area contributed by atoms with Gasteiger partial charge in [0.25, 0.3) is 0 Å². The zero-order valence-corrected chi connectivity index (χ0v) is 16.9. The van der Waals surface area contributed by atoms with E-state index in [1.54, 1.807) is 23.5 Å². The number of carbonyl (C=O) groups excluding carboxylic acids is 1. The molecule has 0 aliphatic rings. The van der Waals surface area contributed by atoms with E-state index in [1.165, 1.54) is 23.9 Å². The number of amides is 1. The molecule has 0 radical (unpaired) electrons. The summed E-state index contributed by atoms with van der Waals surface area (Å²) in [5, 5.41) is 16.1. The Morgan fingerprint density at radius 2 is 1.86 bits per heavy atom. The number of halogens is 1. The molecule has 4 aromatic rings. The number of benzene rings is 2. The molecule has 29 heavy (non-hydrogen) atoms. The van der Waals surface area contributed by atoms with Crippen LogP contribution in [-0.2, 0) is 11.3 Å². The van der Waals surface area contributed by atoms with Crippen LogP contribution in [0.2, 0.25) is 0 Å². The number of rotatable bonds is 7. The van der Waals surface area contributed by atoms with Gasteiger partial charge in [-0.1, -0.05) is 42.1 Å². The van der Waals surface area contributed by atoms with E-state index in [2.05, 4.69) is 15.5 Å². The lowest BCUT2D eigenvalue weighted by molar-refractivity contribution is -0.113. The highest BCUT2D eigenvalue weighted by Crippen LogP contribution is 2.27. The summed E-state index contributed by atoms with van der Waals surface area (Å²) in [4.78, 5) is 12.3. The molecular formula is C21H17FN4OS2. The van der Waals surface area contributed by atoms with Gasteiger partial charge < -0.3 is 5.32 Å². The molecule has 0 saturated carbocycles. The quantitative estimate of drug-likeness (QED) is 0.428. The predicted octanol–water partition coefficient (Wildman–Crippen LogP) is 4.92. The van der Waals surface area contributed by atoms with Crippen molar-refractivity contribution in [3.63, 3.8) is 0 Å². The Morgan fingerprint density at radius 1 is 1.07 bits per heavy atom. The van der Waals surface area contributed by atoms with Gasteiger partial charge in [0.05, 0.1) is 12.3 Å². The summed E-state index contributed by atoms with van der Waals surface area (Å²) in [5.74, 6) is 0.541. The van der Waals surface area contributed by atoms with Crippen molar-refractivity contribution in [3.8, 4) is 11.4 Å². The standard InChI is InChI=1S/C21H17FN4OS2/c22-17-8-6-15(7-9-17)12-26-20(16-10-11-28-13-16)24-25-21(26)29-14-19(27)23-18-4-2-1-3-5-18/h1-11,13H,12,14H2,(H,23,27). The first-order valence-corrected chi connectivity index (χ1v) is 10.8. The molecule has 0 fully saturated rings. The highest BCUT2D eigenvalue weighted by atomic mass is 32.2. The number of anilines is 1. The summed E-state index contributed by atoms with van der Waals surface area (Å²) in [5.41, 5.74) is 2.65. The maximum Gasteiger partial charge on any atom is 0.234 e. The Morgan fingerprint density at radius 3 is 2.59 bits per heavy atom. The zero-order valence-electron chi connectivity index (χ0n) is 15.3. The normalized spacial score (nSPS) is 10.8. The van der Waals surface area contributed by atoms with Crippen LogP contribution in [0.4, 0.5) is 10.1 Å². The smallest absolute Gasteiger partial charge is 0.234 e. The number of nitrogens with zero attached hydrogens (tertiary/aromatic N) is 3. The predicted molar refractivity (Wildman–Crippen MR) is 115 cm³/mol. The molecule has 8 heteroatoms. The van der Waals surface area contributed by atoms with Crippen molar-refractivity contribution >= 4 is 34.7 Å². The number of hydrogen-bond donors (Lipinski definition) is 1. The van der Waals surface area contributed by atoms with Crippen LogP contribution in [0, 0.1) is 5.82 Å². The minimum atomic E-state index is -0.275. The third-order valence-electron chi connectivity index (χ3n) is 4.14. The van der Waals surface area contributed by atoms with Crippen LogP contribution in [-0.4, -0.2) is 26.4 Å². The van der Waals surface area contributed by atoms with Crippen molar-refractivity contribution < 1.29 is 9.18 Å². The minimum absolute atomic E-state index is 0.116. The molecule has 0 unspecified atom stereocenters. The molecule has 2 heterocycles. The van der Waals surface area contributed by atoms with Gasteiger partial charge in [-0.2, -0.15) is 11.3 Å². The third-order valence-corrected chi connectivity index (χ3v) is 5.79. The van der Waals surface area contributed by atoms with Crippen LogP contribution in [0.15, 0.2) is 76.6 Å². The monoisotopic (exact) mass is 424 g/mol. The van der Waals surface area contributed by atoms with Gasteiger partial charge in [-0.25, -0.2) is 4.39 Å². The summed E-state index contributed by atoms with van der Waals surface area (Å²) in [7, 11) is 0. The fourth-order valence-corrected chi connectivity index (χ4v) is 4.14. The number of hydrogen-bond acceptors (Lipinski definition) is 5. The fourth-order valence-electron chi connectivity index (χ4n) is 2.76. The number of nitrogens with one attached hydrogen (secondary N) is 1. The lowest BCUT2D eigenvalue weighted by Crippen LogP contribution is -2.14. The van der Waals surface area contributed by atoms with Crippen LogP contribution in [0.5, 0.6) is 0 Å². The number of para-hydroxylation sites is 1. The molecule has 0 aliphatic heterocycles. The summed E-state index contributed by atoms with van der Waals surface area (Å²) in [6.07, 6.45) is 0. The lowest BCUT2D eigenvalue weighted by atomic mass is 10.2. The molecular weight excluding hydrogens is 407 g/mol. The van der Waals surface area contributed by atoms with E-state index in [4.69, 9.17) is 0 Å². The molecule has 0 atom stereocenters. The minimum Gasteiger partial charge on any atom is -0.325 e. The molecule has 1 amide bonds. The number of thioether (sulfide) groups is 1. The van der Waals surface area contributed by atoms with E-state index in [0.29, 0.717) is 11.7 Å². The van der Waals surface area contributed by atoms with E-state index in [9.17, 15) is 9.18 Å². The maximum absolute atomic E-state index is 13.3. The SMILES string of the molecule is O=C(CSc1nnc(-c2ccsc2)n1Cc1ccc(F)cc1)Nc1ccccc1. The van der Waals surface area contributed by atoms with E-state index in [-0.39, 0.29) is 17.5 Å². The molecule has 4 rings (SSSR count). The maximum atomic E-state index is 13.3. The van der Waals surface area contributed by atoms with Crippen LogP contribution >= 0.6 is 23.1 Å². The first kappa shape index (κ1) is 19.4. The Bertz CT molecular complexity index is 1080. The molecule has 0 aliphatic carbocycles. The van der Waals surface area contributed by atoms with Crippen LogP contribution < -0.4 is 5.32 Å². The zero-order chi connectivity index (χ0) is 20.1. The van der Waals surface area contributed by atoms with Crippen molar-refractivity contribution in [2.75, 3.05) is 11.1 Å². The second-order valence-electron chi connectivity index (χ2n) is 6.23. The molecule has 2 aromatic carbocycles. The topological polar surface area (TPSA) is 59.8 Å². The molecule has 0 saturated heterocycles. The van der Waals surface area contributed by atoms with E-state index >= 15 is 0 Å². The second kappa shape index (κ2) is 9.02. The van der Waals surface area contributed by atoms with Gasteiger partial charge in [-0.15, -0.1) is 10.2 Å². The van der Waals surface area contributed by atoms with Crippen LogP contribution in [0.25, 0.3) is 11.4 Å². The Balaban J connectivity index is 1.53. The van der Waals surface area contributed by atoms with Gasteiger partial charge in [0.2, 0.25) is 5.91 Å². The average molecular weight is 425 g/mol. The Kier molecular flexibility index (Phi) is 6.02. The summed E-state index contributed by atoms with van der Waals surface area (Å²) in [6.45, 7) is 0.487. The molecule has 2 aromatic heterocycles. The number of carbonyl (C=O) groups is 1. The average Bonchev–Trinajstić information content (AvgIpc) is 3.39. The Hall–Kier alpha value is -2.97. The van der Waals surface area contributed by atoms with Gasteiger partial charge in [0.15, 0.2) is 11.0 Å². The van der Waals surface area contributed by atoms with Crippen molar-refractivity contribution in [2.45, 2.75) is 11.7 Å². The van der Waals surface area contributed by atoms with Gasteiger partial charge in [0.1, 0.15) is 5.82 Å². The highest BCUT2D eigenvalue weighted by molar-refractivity contribution is 7.99. The summed E-state index contributed by atoms with van der Waals surface area (Å²) < 4.78 is 15.2. The van der Waals surface area contributed by atoms with Gasteiger partial charge in [-0.05, 0) is 41.3 Å². The molecule has 1 N–H and O–H groups in total. The molecule has 0 bridgehead atoms. The largest absolute Gasteiger partial charge is 0.325 e. The van der Waals surface area contributed by atoms with Crippen molar-refractivity contribution in [2.24, 2.45) is 0 Å². The van der Waals surface area contributed by atoms with Crippen molar-refractivity contribution in [1.29, 1.82) is 0 Å². The lowest BCUT2D eigenvalue weighted by Gasteiger charge is -2.10. The van der Waals surface area contributed by atoms with Crippen molar-refractivity contribution in [3.05, 3.63) is 82.8 Å². The van der Waals surface area contributed by atoms with Crippen LogP contribution in [0.3, 0.4) is 0 Å². The fraction of sp³-hybridized carbons (Fsp3) is 0.0952. The van der Waals surface area contributed by atoms with E-state index < -0.39 is 0 Å². The molecule has 146 valence electrons. The number of thiophene rings is 1. The van der Waals surface area contributed by atoms with Gasteiger partial charge in [0, 0.05) is 16.6 Å². The first-order valence-electron chi connectivity index (χ1n) is 8.87. The molecule has 5 nitrogen and oxygen atoms in total. The van der Waals surface area contributed by atoms with E-state index in [1.807, 2.05) is 51.7 Å². The second-order valence-corrected chi connectivity index (χ2v) is 7.96. The van der Waals surface area contributed by atoms with Crippen LogP contribution in [0.1, 0.15) is 5.56 Å².